The van der Waals surface area contributed by atoms with Gasteiger partial charge in [0.15, 0.2) is 0 Å². The average Bonchev–Trinajstić information content (AvgIpc) is 3.25. The second kappa shape index (κ2) is 7.38. The molecule has 2 saturated heterocycles. The molecule has 1 aromatic carbocycles. The summed E-state index contributed by atoms with van der Waals surface area (Å²) >= 11 is 0. The number of hydrogen-bond acceptors (Lipinski definition) is 6. The van der Waals surface area contributed by atoms with Crippen LogP contribution in [0.4, 0.5) is 0 Å². The highest BCUT2D eigenvalue weighted by Gasteiger charge is 2.39. The summed E-state index contributed by atoms with van der Waals surface area (Å²) in [4.78, 5) is 38.0. The van der Waals surface area contributed by atoms with Crippen molar-refractivity contribution >= 4 is 17.7 Å². The van der Waals surface area contributed by atoms with Crippen LogP contribution in [0.2, 0.25) is 0 Å². The summed E-state index contributed by atoms with van der Waals surface area (Å²) in [6.07, 6.45) is 0.766. The molecule has 3 aliphatic rings. The number of nitrogens with one attached hydrogen (secondary N) is 3. The maximum atomic E-state index is 12.8. The summed E-state index contributed by atoms with van der Waals surface area (Å²) in [5.41, 5.74) is 2.66. The number of piperidine rings is 1. The lowest BCUT2D eigenvalue weighted by Crippen LogP contribution is -2.52. The van der Waals surface area contributed by atoms with Crippen molar-refractivity contribution in [2.45, 2.75) is 44.1 Å². The third-order valence-electron chi connectivity index (χ3n) is 5.70. The van der Waals surface area contributed by atoms with E-state index in [1.165, 1.54) is 0 Å². The second-order valence-corrected chi connectivity index (χ2v) is 7.26. The van der Waals surface area contributed by atoms with Gasteiger partial charge >= 0.3 is 0 Å². The Morgan fingerprint density at radius 2 is 2.11 bits per heavy atom. The van der Waals surface area contributed by atoms with E-state index < -0.39 is 6.04 Å². The Morgan fingerprint density at radius 3 is 2.89 bits per heavy atom. The summed E-state index contributed by atoms with van der Waals surface area (Å²) in [5.74, 6) is -0.797. The molecule has 0 radical (unpaired) electrons. The number of nitrogens with zero attached hydrogens (tertiary/aromatic N) is 1. The van der Waals surface area contributed by atoms with E-state index in [0.717, 1.165) is 24.2 Å². The summed E-state index contributed by atoms with van der Waals surface area (Å²) < 4.78 is 5.48. The number of benzene rings is 1. The number of carbonyl (C=O) groups excluding carboxylic acids is 3. The first-order chi connectivity index (χ1) is 13.1. The molecule has 3 amide bonds. The van der Waals surface area contributed by atoms with Crippen molar-refractivity contribution in [3.63, 3.8) is 0 Å². The van der Waals surface area contributed by atoms with Crippen molar-refractivity contribution in [3.05, 3.63) is 34.9 Å². The van der Waals surface area contributed by atoms with Crippen LogP contribution in [-0.2, 0) is 27.4 Å². The van der Waals surface area contributed by atoms with Gasteiger partial charge in [0.25, 0.3) is 5.91 Å². The fraction of sp³-hybridized carbons (Fsp3) is 0.526. The molecule has 8 heteroatoms. The zero-order valence-corrected chi connectivity index (χ0v) is 15.3. The third-order valence-corrected chi connectivity index (χ3v) is 5.70. The molecule has 2 fully saturated rings. The van der Waals surface area contributed by atoms with Crippen LogP contribution in [0, 0.1) is 0 Å². The van der Waals surface area contributed by atoms with E-state index in [4.69, 9.17) is 4.74 Å². The number of amides is 3. The molecule has 4 rings (SSSR count). The van der Waals surface area contributed by atoms with Gasteiger partial charge in [0.1, 0.15) is 6.04 Å². The molecule has 0 saturated carbocycles. The topological polar surface area (TPSA) is 99.8 Å². The molecule has 1 aromatic rings. The number of rotatable bonds is 5. The van der Waals surface area contributed by atoms with E-state index >= 15 is 0 Å². The largest absolute Gasteiger partial charge is 0.378 e. The summed E-state index contributed by atoms with van der Waals surface area (Å²) in [5, 5.41) is 9.15. The van der Waals surface area contributed by atoms with Gasteiger partial charge < -0.3 is 20.3 Å². The molecule has 27 heavy (non-hydrogen) atoms. The molecule has 144 valence electrons. The minimum atomic E-state index is -0.583. The van der Waals surface area contributed by atoms with E-state index in [1.54, 1.807) is 12.0 Å². The van der Waals surface area contributed by atoms with Crippen LogP contribution in [0.3, 0.4) is 0 Å². The summed E-state index contributed by atoms with van der Waals surface area (Å²) in [6.45, 7) is 2.69. The molecule has 0 aromatic heterocycles. The highest BCUT2D eigenvalue weighted by Crippen LogP contribution is 2.29. The lowest BCUT2D eigenvalue weighted by Gasteiger charge is -2.29. The van der Waals surface area contributed by atoms with Crippen LogP contribution >= 0.6 is 0 Å². The minimum Gasteiger partial charge on any atom is -0.378 e. The molecular weight excluding hydrogens is 348 g/mol. The average molecular weight is 372 g/mol. The van der Waals surface area contributed by atoms with Gasteiger partial charge in [-0.1, -0.05) is 12.1 Å². The molecule has 0 spiro atoms. The molecule has 0 aliphatic carbocycles. The minimum absolute atomic E-state index is 0.128. The summed E-state index contributed by atoms with van der Waals surface area (Å²) in [6, 6.07) is 5.33. The maximum absolute atomic E-state index is 12.8. The molecular formula is C19H24N4O4. The van der Waals surface area contributed by atoms with E-state index in [0.29, 0.717) is 25.1 Å². The summed E-state index contributed by atoms with van der Waals surface area (Å²) in [7, 11) is 1.71. The van der Waals surface area contributed by atoms with Crippen LogP contribution in [0.25, 0.3) is 0 Å². The van der Waals surface area contributed by atoms with Gasteiger partial charge in [-0.15, -0.1) is 0 Å². The van der Waals surface area contributed by atoms with E-state index in [9.17, 15) is 14.4 Å². The normalized spacial score (nSPS) is 27.8. The number of fused-ring (bicyclic) bond motifs is 1. The highest BCUT2D eigenvalue weighted by atomic mass is 16.5. The van der Waals surface area contributed by atoms with Crippen molar-refractivity contribution in [2.24, 2.45) is 0 Å². The van der Waals surface area contributed by atoms with Crippen LogP contribution in [0.1, 0.15) is 34.3 Å². The van der Waals surface area contributed by atoms with Crippen molar-refractivity contribution in [1.29, 1.82) is 0 Å². The fourth-order valence-electron chi connectivity index (χ4n) is 4.16. The van der Waals surface area contributed by atoms with Crippen LogP contribution in [-0.4, -0.2) is 61.0 Å². The zero-order chi connectivity index (χ0) is 19.0. The zero-order valence-electron chi connectivity index (χ0n) is 15.3. The van der Waals surface area contributed by atoms with E-state index in [-0.39, 0.29) is 36.3 Å². The molecule has 3 heterocycles. The van der Waals surface area contributed by atoms with Crippen molar-refractivity contribution in [2.75, 3.05) is 20.2 Å². The lowest BCUT2D eigenvalue weighted by atomic mass is 10.0. The number of carbonyl (C=O) groups is 3. The maximum Gasteiger partial charge on any atom is 0.255 e. The first-order valence-corrected chi connectivity index (χ1v) is 9.31. The number of hydrogen-bond donors (Lipinski definition) is 3. The van der Waals surface area contributed by atoms with Gasteiger partial charge in [0.2, 0.25) is 11.8 Å². The van der Waals surface area contributed by atoms with Gasteiger partial charge in [-0.05, 0) is 23.6 Å². The predicted octanol–water partition coefficient (Wildman–Crippen LogP) is -0.476. The Morgan fingerprint density at radius 1 is 1.26 bits per heavy atom. The van der Waals surface area contributed by atoms with Crippen molar-refractivity contribution < 1.29 is 19.1 Å². The molecule has 3 atom stereocenters. The molecule has 3 N–H and O–H groups in total. The smallest absolute Gasteiger partial charge is 0.255 e. The number of ether oxygens (including phenoxy) is 1. The van der Waals surface area contributed by atoms with Gasteiger partial charge in [0, 0.05) is 51.3 Å². The standard InChI is InChI=1S/C19H24N4O4/c1-27-16-9-20-8-14(16)21-7-11-3-2-4-12-13(11)10-23(19(12)26)15-5-6-17(24)22-18(15)25/h2-4,14-16,20-21H,5-10H2,1H3,(H,22,24,25)/t14-,15?,16-/m1/s1. The number of methoxy groups -OCH3 is 1. The Balaban J connectivity index is 1.49. The van der Waals surface area contributed by atoms with E-state index in [2.05, 4.69) is 16.0 Å². The Bertz CT molecular complexity index is 781. The first-order valence-electron chi connectivity index (χ1n) is 9.31. The fourth-order valence-corrected chi connectivity index (χ4v) is 4.16. The SMILES string of the molecule is CO[C@@H]1CNC[C@H]1NCc1cccc2c1CN(C1CCC(=O)NC1=O)C2=O. The van der Waals surface area contributed by atoms with Gasteiger partial charge in [-0.3, -0.25) is 19.7 Å². The van der Waals surface area contributed by atoms with Crippen molar-refractivity contribution in [1.82, 2.24) is 20.9 Å². The quantitative estimate of drug-likeness (QED) is 0.604. The Labute approximate surface area is 157 Å². The number of imide groups is 1. The third kappa shape index (κ3) is 3.36. The highest BCUT2D eigenvalue weighted by molar-refractivity contribution is 6.05. The van der Waals surface area contributed by atoms with Crippen LogP contribution in [0.15, 0.2) is 18.2 Å². The van der Waals surface area contributed by atoms with Crippen LogP contribution < -0.4 is 16.0 Å². The van der Waals surface area contributed by atoms with Crippen LogP contribution in [0.5, 0.6) is 0 Å². The first kappa shape index (κ1) is 18.1. The Kier molecular flexibility index (Phi) is 4.94. The molecule has 0 bridgehead atoms. The lowest BCUT2D eigenvalue weighted by molar-refractivity contribution is -0.136. The monoisotopic (exact) mass is 372 g/mol. The molecule has 1 unspecified atom stereocenters. The van der Waals surface area contributed by atoms with E-state index in [1.807, 2.05) is 18.2 Å². The Hall–Kier alpha value is -2.29. The second-order valence-electron chi connectivity index (χ2n) is 7.26. The molecule has 8 nitrogen and oxygen atoms in total. The van der Waals surface area contributed by atoms with Gasteiger partial charge in [0.05, 0.1) is 6.10 Å². The van der Waals surface area contributed by atoms with Crippen molar-refractivity contribution in [3.8, 4) is 0 Å². The molecule has 3 aliphatic heterocycles. The van der Waals surface area contributed by atoms with Gasteiger partial charge in [-0.25, -0.2) is 0 Å². The van der Waals surface area contributed by atoms with Gasteiger partial charge in [-0.2, -0.15) is 0 Å². The predicted molar refractivity (Wildman–Crippen MR) is 96.8 cm³/mol.